The molecule has 0 saturated carbocycles. The highest BCUT2D eigenvalue weighted by atomic mass is 16.5. The van der Waals surface area contributed by atoms with Gasteiger partial charge in [0.1, 0.15) is 12.4 Å². The molecule has 1 amide bonds. The smallest absolute Gasteiger partial charge is 0.216 e. The van der Waals surface area contributed by atoms with Crippen molar-refractivity contribution >= 4 is 5.91 Å². The molecule has 0 heterocycles. The fourth-order valence-electron chi connectivity index (χ4n) is 3.60. The molecular formula is C27H31NO2. The number of hydrogen-bond acceptors (Lipinski definition) is 2. The Kier molecular flexibility index (Phi) is 7.67. The number of nitrogens with one attached hydrogen (secondary N) is 1. The third-order valence-electron chi connectivity index (χ3n) is 5.43. The van der Waals surface area contributed by atoms with Crippen LogP contribution in [0.4, 0.5) is 0 Å². The molecule has 0 aliphatic rings. The minimum Gasteiger partial charge on any atom is -0.489 e. The van der Waals surface area contributed by atoms with Crippen LogP contribution in [0.25, 0.3) is 11.1 Å². The average Bonchev–Trinajstić information content (AvgIpc) is 2.75. The summed E-state index contributed by atoms with van der Waals surface area (Å²) in [5, 5.41) is 2.85. The van der Waals surface area contributed by atoms with Crippen LogP contribution in [-0.2, 0) is 17.8 Å². The standard InChI is InChI=1S/C27H31NO2/c1-20-15-16-23(10-7-8-17-28-22(3)29)18-27(20)30-19-25-13-9-14-26(21(25)2)24-11-5-4-6-12-24/h4-6,9,11-16,18H,7-8,10,17,19H2,1-3H3,(H,28,29). The Balaban J connectivity index is 1.64. The molecule has 0 radical (unpaired) electrons. The molecule has 0 spiro atoms. The van der Waals surface area contributed by atoms with Crippen molar-refractivity contribution in [2.24, 2.45) is 0 Å². The lowest BCUT2D eigenvalue weighted by molar-refractivity contribution is -0.118. The Morgan fingerprint density at radius 1 is 0.933 bits per heavy atom. The highest BCUT2D eigenvalue weighted by Gasteiger charge is 2.08. The molecule has 0 bridgehead atoms. The van der Waals surface area contributed by atoms with Crippen LogP contribution >= 0.6 is 0 Å². The lowest BCUT2D eigenvalue weighted by atomic mass is 9.97. The van der Waals surface area contributed by atoms with Gasteiger partial charge in [-0.05, 0) is 72.6 Å². The first-order valence-electron chi connectivity index (χ1n) is 10.7. The monoisotopic (exact) mass is 401 g/mol. The molecule has 3 heteroatoms. The van der Waals surface area contributed by atoms with Crippen molar-refractivity contribution in [1.82, 2.24) is 5.32 Å². The van der Waals surface area contributed by atoms with Gasteiger partial charge in [0.2, 0.25) is 5.91 Å². The zero-order chi connectivity index (χ0) is 21.3. The number of carbonyl (C=O) groups excluding carboxylic acids is 1. The molecule has 0 fully saturated rings. The van der Waals surface area contributed by atoms with Crippen molar-refractivity contribution < 1.29 is 9.53 Å². The largest absolute Gasteiger partial charge is 0.489 e. The zero-order valence-corrected chi connectivity index (χ0v) is 18.2. The van der Waals surface area contributed by atoms with E-state index in [2.05, 4.69) is 79.8 Å². The first-order chi connectivity index (χ1) is 14.5. The fourth-order valence-corrected chi connectivity index (χ4v) is 3.60. The van der Waals surface area contributed by atoms with Crippen molar-refractivity contribution in [2.75, 3.05) is 6.54 Å². The van der Waals surface area contributed by atoms with Crippen LogP contribution in [0.2, 0.25) is 0 Å². The fraction of sp³-hybridized carbons (Fsp3) is 0.296. The average molecular weight is 402 g/mol. The lowest BCUT2D eigenvalue weighted by Crippen LogP contribution is -2.20. The molecule has 3 nitrogen and oxygen atoms in total. The summed E-state index contributed by atoms with van der Waals surface area (Å²) in [4.78, 5) is 10.9. The van der Waals surface area contributed by atoms with E-state index in [-0.39, 0.29) is 5.91 Å². The van der Waals surface area contributed by atoms with Crippen LogP contribution in [-0.4, -0.2) is 12.5 Å². The minimum absolute atomic E-state index is 0.0349. The van der Waals surface area contributed by atoms with Gasteiger partial charge in [0, 0.05) is 13.5 Å². The van der Waals surface area contributed by atoms with Gasteiger partial charge in [0.05, 0.1) is 0 Å². The Morgan fingerprint density at radius 2 is 1.73 bits per heavy atom. The summed E-state index contributed by atoms with van der Waals surface area (Å²) in [6, 6.07) is 23.3. The van der Waals surface area contributed by atoms with Gasteiger partial charge in [0.15, 0.2) is 0 Å². The SMILES string of the molecule is CC(=O)NCCCCc1ccc(C)c(OCc2cccc(-c3ccccc3)c2C)c1. The molecule has 3 aromatic carbocycles. The predicted molar refractivity (Wildman–Crippen MR) is 124 cm³/mol. The molecule has 30 heavy (non-hydrogen) atoms. The number of aryl methyl sites for hydroxylation is 2. The van der Waals surface area contributed by atoms with E-state index in [9.17, 15) is 4.79 Å². The Labute approximate surface area is 180 Å². The van der Waals surface area contributed by atoms with E-state index in [1.165, 1.54) is 27.8 Å². The van der Waals surface area contributed by atoms with E-state index in [4.69, 9.17) is 4.74 Å². The van der Waals surface area contributed by atoms with E-state index in [1.807, 2.05) is 6.07 Å². The van der Waals surface area contributed by atoms with Gasteiger partial charge < -0.3 is 10.1 Å². The number of hydrogen-bond donors (Lipinski definition) is 1. The van der Waals surface area contributed by atoms with Gasteiger partial charge in [0.25, 0.3) is 0 Å². The van der Waals surface area contributed by atoms with Gasteiger partial charge in [-0.15, -0.1) is 0 Å². The Hall–Kier alpha value is -3.07. The molecule has 3 rings (SSSR count). The second-order valence-corrected chi connectivity index (χ2v) is 7.78. The van der Waals surface area contributed by atoms with Gasteiger partial charge in [-0.25, -0.2) is 0 Å². The van der Waals surface area contributed by atoms with Crippen LogP contribution in [0.1, 0.15) is 42.0 Å². The number of carbonyl (C=O) groups is 1. The predicted octanol–water partition coefficient (Wildman–Crippen LogP) is 6.01. The summed E-state index contributed by atoms with van der Waals surface area (Å²) >= 11 is 0. The summed E-state index contributed by atoms with van der Waals surface area (Å²) in [5.74, 6) is 0.978. The van der Waals surface area contributed by atoms with E-state index < -0.39 is 0 Å². The maximum absolute atomic E-state index is 10.9. The molecule has 3 aromatic rings. The first-order valence-corrected chi connectivity index (χ1v) is 10.7. The molecule has 0 atom stereocenters. The highest BCUT2D eigenvalue weighted by Crippen LogP contribution is 2.27. The first kappa shape index (κ1) is 21.6. The number of rotatable bonds is 9. The van der Waals surface area contributed by atoms with Gasteiger partial charge in [-0.1, -0.05) is 60.7 Å². The molecule has 0 aromatic heterocycles. The van der Waals surface area contributed by atoms with Crippen LogP contribution < -0.4 is 10.1 Å². The van der Waals surface area contributed by atoms with Crippen LogP contribution in [0.3, 0.4) is 0 Å². The molecule has 0 unspecified atom stereocenters. The maximum Gasteiger partial charge on any atom is 0.216 e. The van der Waals surface area contributed by atoms with Crippen LogP contribution in [0.5, 0.6) is 5.75 Å². The van der Waals surface area contributed by atoms with E-state index in [0.29, 0.717) is 6.61 Å². The third kappa shape index (κ3) is 5.96. The molecule has 0 aliphatic heterocycles. The third-order valence-corrected chi connectivity index (χ3v) is 5.43. The van der Waals surface area contributed by atoms with Crippen molar-refractivity contribution in [3.63, 3.8) is 0 Å². The van der Waals surface area contributed by atoms with E-state index in [1.54, 1.807) is 6.92 Å². The molecule has 156 valence electrons. The van der Waals surface area contributed by atoms with Gasteiger partial charge in [-0.3, -0.25) is 4.79 Å². The maximum atomic E-state index is 10.9. The Morgan fingerprint density at radius 3 is 2.50 bits per heavy atom. The van der Waals surface area contributed by atoms with Crippen LogP contribution in [0, 0.1) is 13.8 Å². The highest BCUT2D eigenvalue weighted by molar-refractivity contribution is 5.72. The summed E-state index contributed by atoms with van der Waals surface area (Å²) in [6.07, 6.45) is 3.01. The number of unbranched alkanes of at least 4 members (excludes halogenated alkanes) is 1. The number of ether oxygens (including phenoxy) is 1. The normalized spacial score (nSPS) is 10.6. The van der Waals surface area contributed by atoms with Crippen molar-refractivity contribution in [1.29, 1.82) is 0 Å². The summed E-state index contributed by atoms with van der Waals surface area (Å²) in [6.45, 7) is 7.10. The Bertz CT molecular complexity index is 979. The van der Waals surface area contributed by atoms with Gasteiger partial charge in [-0.2, -0.15) is 0 Å². The van der Waals surface area contributed by atoms with Gasteiger partial charge >= 0.3 is 0 Å². The number of benzene rings is 3. The molecule has 0 aliphatic carbocycles. The quantitative estimate of drug-likeness (QED) is 0.446. The summed E-state index contributed by atoms with van der Waals surface area (Å²) in [7, 11) is 0. The second-order valence-electron chi connectivity index (χ2n) is 7.78. The summed E-state index contributed by atoms with van der Waals surface area (Å²) < 4.78 is 6.24. The second kappa shape index (κ2) is 10.6. The number of amides is 1. The molecule has 0 saturated heterocycles. The van der Waals surface area contributed by atoms with Crippen molar-refractivity contribution in [3.8, 4) is 16.9 Å². The molecular weight excluding hydrogens is 370 g/mol. The molecule has 1 N–H and O–H groups in total. The zero-order valence-electron chi connectivity index (χ0n) is 18.2. The topological polar surface area (TPSA) is 38.3 Å². The van der Waals surface area contributed by atoms with Crippen molar-refractivity contribution in [3.05, 3.63) is 89.0 Å². The summed E-state index contributed by atoms with van der Waals surface area (Å²) in [5.41, 5.74) is 7.37. The lowest BCUT2D eigenvalue weighted by Gasteiger charge is -2.15. The van der Waals surface area contributed by atoms with Crippen LogP contribution in [0.15, 0.2) is 66.7 Å². The van der Waals surface area contributed by atoms with E-state index in [0.717, 1.165) is 37.1 Å². The minimum atomic E-state index is 0.0349. The van der Waals surface area contributed by atoms with E-state index >= 15 is 0 Å². The van der Waals surface area contributed by atoms with Crippen molar-refractivity contribution in [2.45, 2.75) is 46.6 Å².